The van der Waals surface area contributed by atoms with Crippen LogP contribution in [0.15, 0.2) is 4.99 Å². The number of hydrogen-bond acceptors (Lipinski definition) is 2. The van der Waals surface area contributed by atoms with E-state index in [1.807, 2.05) is 5.48 Å². The van der Waals surface area contributed by atoms with Gasteiger partial charge < -0.3 is 5.73 Å². The summed E-state index contributed by atoms with van der Waals surface area (Å²) in [7, 11) is 0. The summed E-state index contributed by atoms with van der Waals surface area (Å²) >= 11 is 0. The van der Waals surface area contributed by atoms with E-state index in [2.05, 4.69) is 11.9 Å². The van der Waals surface area contributed by atoms with Crippen molar-refractivity contribution in [3.8, 4) is 0 Å². The largest absolute Gasteiger partial charge is 0.368 e. The maximum Gasteiger partial charge on any atom is 0.213 e. The van der Waals surface area contributed by atoms with E-state index in [0.717, 1.165) is 6.42 Å². The van der Waals surface area contributed by atoms with E-state index in [-0.39, 0.29) is 5.96 Å². The van der Waals surface area contributed by atoms with Crippen LogP contribution >= 0.6 is 0 Å². The molecule has 64 valence electrons. The first kappa shape index (κ1) is 8.33. The highest BCUT2D eigenvalue weighted by Crippen LogP contribution is 2.35. The van der Waals surface area contributed by atoms with Crippen LogP contribution in [-0.4, -0.2) is 17.2 Å². The van der Waals surface area contributed by atoms with Crippen LogP contribution in [-0.2, 0) is 0 Å². The minimum absolute atomic E-state index is 0.128. The van der Waals surface area contributed by atoms with Crippen LogP contribution in [0, 0.1) is 5.92 Å². The zero-order valence-corrected chi connectivity index (χ0v) is 6.75. The summed E-state index contributed by atoms with van der Waals surface area (Å²) in [4.78, 5) is 4.11. The fraction of sp³-hybridized carbons (Fsp3) is 0.857. The molecule has 1 aliphatic carbocycles. The number of aliphatic imine (C=N–C) groups is 1. The number of nitrogens with two attached hydrogens (primary N) is 1. The zero-order chi connectivity index (χ0) is 8.27. The molecular weight excluding hydrogens is 142 g/mol. The summed E-state index contributed by atoms with van der Waals surface area (Å²) in [5.74, 6) is 0.829. The highest BCUT2D eigenvalue weighted by molar-refractivity contribution is 5.76. The Morgan fingerprint density at radius 1 is 1.82 bits per heavy atom. The van der Waals surface area contributed by atoms with Crippen molar-refractivity contribution in [2.75, 3.05) is 0 Å². The maximum atomic E-state index is 8.38. The standard InChI is InChI=1S/C7H15N3O/c1-2-6(5-3-4-5)9-7(8)10-11/h5-6,11H,2-4H2,1H3,(H3,8,9,10). The van der Waals surface area contributed by atoms with Gasteiger partial charge in [-0.3, -0.25) is 5.21 Å². The van der Waals surface area contributed by atoms with Crippen molar-refractivity contribution < 1.29 is 5.21 Å². The maximum absolute atomic E-state index is 8.38. The van der Waals surface area contributed by atoms with Crippen molar-refractivity contribution in [3.63, 3.8) is 0 Å². The molecule has 0 saturated heterocycles. The van der Waals surface area contributed by atoms with Gasteiger partial charge in [0.1, 0.15) is 0 Å². The molecule has 0 bridgehead atoms. The second-order valence-electron chi connectivity index (χ2n) is 2.94. The number of guanidine groups is 1. The predicted molar refractivity (Wildman–Crippen MR) is 43.3 cm³/mol. The van der Waals surface area contributed by atoms with Crippen LogP contribution in [0.2, 0.25) is 0 Å². The number of hydroxylamine groups is 1. The van der Waals surface area contributed by atoms with Gasteiger partial charge >= 0.3 is 0 Å². The van der Waals surface area contributed by atoms with E-state index in [0.29, 0.717) is 12.0 Å². The van der Waals surface area contributed by atoms with E-state index >= 15 is 0 Å². The van der Waals surface area contributed by atoms with Gasteiger partial charge in [0.25, 0.3) is 0 Å². The topological polar surface area (TPSA) is 70.6 Å². The monoisotopic (exact) mass is 157 g/mol. The van der Waals surface area contributed by atoms with E-state index in [1.54, 1.807) is 0 Å². The van der Waals surface area contributed by atoms with Gasteiger partial charge in [-0.25, -0.2) is 10.5 Å². The van der Waals surface area contributed by atoms with Gasteiger partial charge in [0.05, 0.1) is 6.04 Å². The molecule has 4 nitrogen and oxygen atoms in total. The van der Waals surface area contributed by atoms with Crippen LogP contribution in [0.4, 0.5) is 0 Å². The summed E-state index contributed by atoms with van der Waals surface area (Å²) in [6, 6.07) is 0.301. The average Bonchev–Trinajstić information content (AvgIpc) is 2.82. The minimum Gasteiger partial charge on any atom is -0.368 e. The van der Waals surface area contributed by atoms with Crippen molar-refractivity contribution in [1.82, 2.24) is 5.48 Å². The van der Waals surface area contributed by atoms with Crippen molar-refractivity contribution in [3.05, 3.63) is 0 Å². The molecule has 0 heterocycles. The molecule has 0 radical (unpaired) electrons. The lowest BCUT2D eigenvalue weighted by Crippen LogP contribution is -2.30. The van der Waals surface area contributed by atoms with Gasteiger partial charge in [-0.2, -0.15) is 0 Å². The van der Waals surface area contributed by atoms with Gasteiger partial charge in [0.15, 0.2) is 0 Å². The molecule has 1 fully saturated rings. The summed E-state index contributed by atoms with van der Waals surface area (Å²) in [6.07, 6.45) is 3.49. The highest BCUT2D eigenvalue weighted by atomic mass is 16.5. The molecule has 0 aromatic carbocycles. The van der Waals surface area contributed by atoms with Crippen LogP contribution in [0.5, 0.6) is 0 Å². The molecule has 11 heavy (non-hydrogen) atoms. The van der Waals surface area contributed by atoms with E-state index in [1.165, 1.54) is 12.8 Å². The molecule has 1 atom stereocenters. The summed E-state index contributed by atoms with van der Waals surface area (Å²) < 4.78 is 0. The Labute approximate surface area is 66.5 Å². The number of nitrogens with zero attached hydrogens (tertiary/aromatic N) is 1. The van der Waals surface area contributed by atoms with Gasteiger partial charge in [-0.05, 0) is 25.2 Å². The lowest BCUT2D eigenvalue weighted by atomic mass is 10.1. The Bertz CT molecular complexity index is 154. The zero-order valence-electron chi connectivity index (χ0n) is 6.75. The first-order valence-corrected chi connectivity index (χ1v) is 4.01. The van der Waals surface area contributed by atoms with E-state index in [4.69, 9.17) is 10.9 Å². The summed E-state index contributed by atoms with van der Waals surface area (Å²) in [6.45, 7) is 2.08. The first-order chi connectivity index (χ1) is 5.27. The minimum atomic E-state index is 0.128. The van der Waals surface area contributed by atoms with Crippen LogP contribution < -0.4 is 11.2 Å². The predicted octanol–water partition coefficient (Wildman–Crippen LogP) is 0.469. The molecule has 1 rings (SSSR count). The van der Waals surface area contributed by atoms with Crippen molar-refractivity contribution in [1.29, 1.82) is 0 Å². The Morgan fingerprint density at radius 2 is 2.45 bits per heavy atom. The molecule has 0 amide bonds. The Hall–Kier alpha value is -0.770. The number of rotatable bonds is 3. The molecule has 0 aromatic rings. The molecule has 4 N–H and O–H groups in total. The molecule has 4 heteroatoms. The van der Waals surface area contributed by atoms with Gasteiger partial charge in [0.2, 0.25) is 5.96 Å². The van der Waals surface area contributed by atoms with Gasteiger partial charge in [-0.1, -0.05) is 6.92 Å². The second-order valence-corrected chi connectivity index (χ2v) is 2.94. The lowest BCUT2D eigenvalue weighted by molar-refractivity contribution is 0.231. The molecule has 0 aliphatic heterocycles. The smallest absolute Gasteiger partial charge is 0.213 e. The molecule has 1 saturated carbocycles. The summed E-state index contributed by atoms with van der Waals surface area (Å²) in [5, 5.41) is 8.38. The van der Waals surface area contributed by atoms with Crippen LogP contribution in [0.1, 0.15) is 26.2 Å². The number of nitrogens with one attached hydrogen (secondary N) is 1. The SMILES string of the molecule is CCC(N=C(N)NO)C1CC1. The lowest BCUT2D eigenvalue weighted by Gasteiger charge is -2.08. The third-order valence-corrected chi connectivity index (χ3v) is 2.00. The molecule has 1 unspecified atom stereocenters. The molecule has 1 aliphatic rings. The Balaban J connectivity index is 2.41. The van der Waals surface area contributed by atoms with Crippen molar-refractivity contribution >= 4 is 5.96 Å². The fourth-order valence-electron chi connectivity index (χ4n) is 1.22. The van der Waals surface area contributed by atoms with Crippen molar-refractivity contribution in [2.24, 2.45) is 16.6 Å². The van der Waals surface area contributed by atoms with Crippen molar-refractivity contribution in [2.45, 2.75) is 32.2 Å². The van der Waals surface area contributed by atoms with E-state index in [9.17, 15) is 0 Å². The molecule has 0 spiro atoms. The second kappa shape index (κ2) is 3.57. The third-order valence-electron chi connectivity index (χ3n) is 2.00. The normalized spacial score (nSPS) is 21.5. The number of hydrogen-bond donors (Lipinski definition) is 3. The Morgan fingerprint density at radius 3 is 2.82 bits per heavy atom. The van der Waals surface area contributed by atoms with Gasteiger partial charge in [-0.15, -0.1) is 0 Å². The fourth-order valence-corrected chi connectivity index (χ4v) is 1.22. The van der Waals surface area contributed by atoms with Gasteiger partial charge in [0, 0.05) is 0 Å². The summed E-state index contributed by atoms with van der Waals surface area (Å²) in [5.41, 5.74) is 7.14. The van der Waals surface area contributed by atoms with Crippen LogP contribution in [0.25, 0.3) is 0 Å². The average molecular weight is 157 g/mol. The quantitative estimate of drug-likeness (QED) is 0.317. The molecular formula is C7H15N3O. The Kier molecular flexibility index (Phi) is 2.70. The van der Waals surface area contributed by atoms with Crippen LogP contribution in [0.3, 0.4) is 0 Å². The first-order valence-electron chi connectivity index (χ1n) is 4.01. The third kappa shape index (κ3) is 2.38. The highest BCUT2D eigenvalue weighted by Gasteiger charge is 2.29. The molecule has 0 aromatic heterocycles. The van der Waals surface area contributed by atoms with E-state index < -0.39 is 0 Å².